The number of ketones is 1. The fraction of sp³-hybridized carbons (Fsp3) is 0.235. The minimum atomic E-state index is -0.294. The van der Waals surface area contributed by atoms with Crippen molar-refractivity contribution in [2.75, 3.05) is 12.9 Å². The number of Topliss-reactive ketones (excluding diaryl/α,β-unsaturated/α-hetero) is 1. The second kappa shape index (κ2) is 6.76. The molecule has 0 amide bonds. The molecule has 0 aliphatic rings. The van der Waals surface area contributed by atoms with Gasteiger partial charge in [0.1, 0.15) is 11.6 Å². The van der Waals surface area contributed by atoms with Crippen LogP contribution in [0.2, 0.25) is 0 Å². The van der Waals surface area contributed by atoms with Gasteiger partial charge in [-0.15, -0.1) is 11.8 Å². The summed E-state index contributed by atoms with van der Waals surface area (Å²) in [5, 5.41) is 0. The molecule has 0 bridgehead atoms. The molecule has 0 aromatic heterocycles. The number of hydrogen-bond acceptors (Lipinski definition) is 3. The van der Waals surface area contributed by atoms with Gasteiger partial charge in [-0.1, -0.05) is 12.1 Å². The van der Waals surface area contributed by atoms with Crippen LogP contribution in [0.15, 0.2) is 41.3 Å². The van der Waals surface area contributed by atoms with Gasteiger partial charge in [-0.25, -0.2) is 4.39 Å². The van der Waals surface area contributed by atoms with E-state index in [-0.39, 0.29) is 17.4 Å². The second-order valence-corrected chi connectivity index (χ2v) is 5.80. The van der Waals surface area contributed by atoms with Crippen LogP contribution in [-0.4, -0.2) is 18.6 Å². The van der Waals surface area contributed by atoms with E-state index in [9.17, 15) is 9.18 Å². The van der Waals surface area contributed by atoms with Crippen LogP contribution in [0.1, 0.15) is 21.5 Å². The van der Waals surface area contributed by atoms with Crippen molar-refractivity contribution in [2.45, 2.75) is 18.7 Å². The van der Waals surface area contributed by atoms with Gasteiger partial charge in [0.15, 0.2) is 5.78 Å². The highest BCUT2D eigenvalue weighted by molar-refractivity contribution is 8.00. The molecule has 0 radical (unpaired) electrons. The summed E-state index contributed by atoms with van der Waals surface area (Å²) in [6.45, 7) is 3.78. The quantitative estimate of drug-likeness (QED) is 0.604. The van der Waals surface area contributed by atoms with Gasteiger partial charge in [0.2, 0.25) is 0 Å². The summed E-state index contributed by atoms with van der Waals surface area (Å²) in [7, 11) is 1.61. The number of halogens is 1. The Hall–Kier alpha value is -1.81. The second-order valence-electron chi connectivity index (χ2n) is 4.78. The molecule has 2 aromatic rings. The molecule has 2 aromatic carbocycles. The minimum absolute atomic E-state index is 0.00786. The topological polar surface area (TPSA) is 26.3 Å². The van der Waals surface area contributed by atoms with Crippen molar-refractivity contribution in [3.63, 3.8) is 0 Å². The molecule has 0 aliphatic carbocycles. The Balaban J connectivity index is 2.14. The summed E-state index contributed by atoms with van der Waals surface area (Å²) in [6.07, 6.45) is 0. The summed E-state index contributed by atoms with van der Waals surface area (Å²) >= 11 is 1.22. The lowest BCUT2D eigenvalue weighted by Gasteiger charge is -2.10. The lowest BCUT2D eigenvalue weighted by molar-refractivity contribution is 0.102. The standard InChI is InChI=1S/C17H17FO2S/c1-11-9-16(20-3)12(2)8-13(11)15(19)10-21-17-7-5-4-6-14(17)18/h4-9H,10H2,1-3H3. The molecule has 0 fully saturated rings. The van der Waals surface area contributed by atoms with Gasteiger partial charge in [-0.3, -0.25) is 4.79 Å². The molecule has 0 heterocycles. The summed E-state index contributed by atoms with van der Waals surface area (Å²) in [6, 6.07) is 10.2. The molecule has 2 rings (SSSR count). The van der Waals surface area contributed by atoms with Crippen LogP contribution in [0.5, 0.6) is 5.75 Å². The summed E-state index contributed by atoms with van der Waals surface area (Å²) in [5.41, 5.74) is 2.45. The van der Waals surface area contributed by atoms with E-state index in [1.54, 1.807) is 25.3 Å². The maximum atomic E-state index is 13.5. The van der Waals surface area contributed by atoms with E-state index >= 15 is 0 Å². The van der Waals surface area contributed by atoms with Gasteiger partial charge in [-0.2, -0.15) is 0 Å². The number of aryl methyl sites for hydroxylation is 2. The number of methoxy groups -OCH3 is 1. The van der Waals surface area contributed by atoms with Gasteiger partial charge >= 0.3 is 0 Å². The highest BCUT2D eigenvalue weighted by Crippen LogP contribution is 2.26. The van der Waals surface area contributed by atoms with Gasteiger partial charge in [-0.05, 0) is 49.2 Å². The van der Waals surface area contributed by atoms with Crippen LogP contribution in [0.4, 0.5) is 4.39 Å². The van der Waals surface area contributed by atoms with E-state index < -0.39 is 0 Å². The molecule has 0 N–H and O–H groups in total. The normalized spacial score (nSPS) is 10.5. The highest BCUT2D eigenvalue weighted by atomic mass is 32.2. The first-order valence-electron chi connectivity index (χ1n) is 6.58. The van der Waals surface area contributed by atoms with Crippen LogP contribution in [0.25, 0.3) is 0 Å². The molecule has 2 nitrogen and oxygen atoms in total. The molecular formula is C17H17FO2S. The Labute approximate surface area is 128 Å². The van der Waals surface area contributed by atoms with Gasteiger partial charge in [0, 0.05) is 10.5 Å². The van der Waals surface area contributed by atoms with Crippen molar-refractivity contribution in [1.82, 2.24) is 0 Å². The Kier molecular flexibility index (Phi) is 5.02. The maximum Gasteiger partial charge on any atom is 0.173 e. The first kappa shape index (κ1) is 15.6. The Morgan fingerprint density at radius 1 is 1.19 bits per heavy atom. The SMILES string of the molecule is COc1cc(C)c(C(=O)CSc2ccccc2F)cc1C. The van der Waals surface area contributed by atoms with Crippen molar-refractivity contribution < 1.29 is 13.9 Å². The Bertz CT molecular complexity index is 668. The largest absolute Gasteiger partial charge is 0.496 e. The van der Waals surface area contributed by atoms with Gasteiger partial charge in [0.25, 0.3) is 0 Å². The molecule has 4 heteroatoms. The van der Waals surface area contributed by atoms with E-state index in [1.807, 2.05) is 26.0 Å². The van der Waals surface area contributed by atoms with E-state index in [1.165, 1.54) is 17.8 Å². The third-order valence-corrected chi connectivity index (χ3v) is 4.29. The highest BCUT2D eigenvalue weighted by Gasteiger charge is 2.13. The zero-order valence-electron chi connectivity index (χ0n) is 12.3. The smallest absolute Gasteiger partial charge is 0.173 e. The van der Waals surface area contributed by atoms with Crippen molar-refractivity contribution in [1.29, 1.82) is 0 Å². The first-order chi connectivity index (χ1) is 10.0. The predicted molar refractivity (Wildman–Crippen MR) is 83.9 cm³/mol. The van der Waals surface area contributed by atoms with Crippen LogP contribution >= 0.6 is 11.8 Å². The van der Waals surface area contributed by atoms with Crippen LogP contribution in [0, 0.1) is 19.7 Å². The van der Waals surface area contributed by atoms with Crippen molar-refractivity contribution in [2.24, 2.45) is 0 Å². The molecule has 0 aliphatic heterocycles. The van der Waals surface area contributed by atoms with Crippen LogP contribution in [-0.2, 0) is 0 Å². The lowest BCUT2D eigenvalue weighted by atomic mass is 10.0. The third-order valence-electron chi connectivity index (χ3n) is 3.24. The third kappa shape index (κ3) is 3.64. The van der Waals surface area contributed by atoms with Crippen molar-refractivity contribution in [3.8, 4) is 5.75 Å². The molecule has 0 saturated carbocycles. The number of carbonyl (C=O) groups excluding carboxylic acids is 1. The van der Waals surface area contributed by atoms with E-state index in [4.69, 9.17) is 4.74 Å². The van der Waals surface area contributed by atoms with Crippen molar-refractivity contribution in [3.05, 3.63) is 58.9 Å². The Morgan fingerprint density at radius 3 is 2.57 bits per heavy atom. The zero-order valence-corrected chi connectivity index (χ0v) is 13.1. The molecule has 21 heavy (non-hydrogen) atoms. The fourth-order valence-corrected chi connectivity index (χ4v) is 2.92. The van der Waals surface area contributed by atoms with E-state index in [2.05, 4.69) is 0 Å². The number of carbonyl (C=O) groups is 1. The van der Waals surface area contributed by atoms with Crippen LogP contribution in [0.3, 0.4) is 0 Å². The summed E-state index contributed by atoms with van der Waals surface area (Å²) in [4.78, 5) is 12.8. The molecule has 0 saturated heterocycles. The fourth-order valence-electron chi connectivity index (χ4n) is 2.09. The molecular weight excluding hydrogens is 287 g/mol. The molecule has 110 valence electrons. The maximum absolute atomic E-state index is 13.5. The van der Waals surface area contributed by atoms with Crippen LogP contribution < -0.4 is 4.74 Å². The predicted octanol–water partition coefficient (Wildman–Crippen LogP) is 4.43. The Morgan fingerprint density at radius 2 is 1.90 bits per heavy atom. The monoisotopic (exact) mass is 304 g/mol. The summed E-state index contributed by atoms with van der Waals surface area (Å²) in [5.74, 6) is 0.684. The minimum Gasteiger partial charge on any atom is -0.496 e. The first-order valence-corrected chi connectivity index (χ1v) is 7.57. The number of hydrogen-bond donors (Lipinski definition) is 0. The number of rotatable bonds is 5. The zero-order chi connectivity index (χ0) is 15.4. The molecule has 0 spiro atoms. The molecule has 0 atom stereocenters. The van der Waals surface area contributed by atoms with Gasteiger partial charge in [0.05, 0.1) is 12.9 Å². The lowest BCUT2D eigenvalue weighted by Crippen LogP contribution is -2.06. The number of benzene rings is 2. The van der Waals surface area contributed by atoms with Crippen molar-refractivity contribution >= 4 is 17.5 Å². The average molecular weight is 304 g/mol. The van der Waals surface area contributed by atoms with E-state index in [0.29, 0.717) is 10.5 Å². The van der Waals surface area contributed by atoms with E-state index in [0.717, 1.165) is 16.9 Å². The number of ether oxygens (including phenoxy) is 1. The molecule has 0 unspecified atom stereocenters. The summed E-state index contributed by atoms with van der Waals surface area (Å²) < 4.78 is 18.8. The van der Waals surface area contributed by atoms with Gasteiger partial charge < -0.3 is 4.74 Å². The number of thioether (sulfide) groups is 1. The average Bonchev–Trinajstić information content (AvgIpc) is 2.48.